The summed E-state index contributed by atoms with van der Waals surface area (Å²) < 4.78 is 0. The molecule has 0 bridgehead atoms. The van der Waals surface area contributed by atoms with E-state index in [1.165, 1.54) is 16.3 Å². The number of carbonyl (C=O) groups excluding carboxylic acids is 1. The molecule has 0 unspecified atom stereocenters. The highest BCUT2D eigenvalue weighted by Gasteiger charge is 2.21. The number of nitrogens with zero attached hydrogens (tertiary/aromatic N) is 2. The van der Waals surface area contributed by atoms with Gasteiger partial charge in [0.25, 0.3) is 0 Å². The van der Waals surface area contributed by atoms with Crippen molar-refractivity contribution in [2.24, 2.45) is 5.92 Å². The first-order valence-corrected chi connectivity index (χ1v) is 8.60. The molecule has 0 aliphatic carbocycles. The van der Waals surface area contributed by atoms with Gasteiger partial charge in [-0.05, 0) is 22.3 Å². The molecule has 4 heteroatoms. The average Bonchev–Trinajstić information content (AvgIpc) is 2.55. The largest absolute Gasteiger partial charge is 0.340 e. The fraction of sp³-hybridized carbons (Fsp3) is 0.450. The minimum absolute atomic E-state index is 0. The molecule has 0 spiro atoms. The molecule has 130 valence electrons. The van der Waals surface area contributed by atoms with Crippen molar-refractivity contribution in [3.05, 3.63) is 48.0 Å². The molecule has 0 atom stereocenters. The molecule has 1 fully saturated rings. The molecule has 2 aromatic rings. The van der Waals surface area contributed by atoms with E-state index in [-0.39, 0.29) is 12.4 Å². The van der Waals surface area contributed by atoms with Crippen molar-refractivity contribution in [2.45, 2.75) is 26.8 Å². The predicted octanol–water partition coefficient (Wildman–Crippen LogP) is 3.95. The fourth-order valence-electron chi connectivity index (χ4n) is 3.30. The molecular weight excluding hydrogens is 320 g/mol. The van der Waals surface area contributed by atoms with Crippen molar-refractivity contribution < 1.29 is 4.79 Å². The second-order valence-corrected chi connectivity index (χ2v) is 6.89. The topological polar surface area (TPSA) is 23.6 Å². The Balaban J connectivity index is 0.00000208. The Kier molecular flexibility index (Phi) is 6.64. The Morgan fingerprint density at radius 2 is 1.67 bits per heavy atom. The number of hydrogen-bond acceptors (Lipinski definition) is 2. The zero-order chi connectivity index (χ0) is 16.2. The van der Waals surface area contributed by atoms with E-state index in [0.717, 1.165) is 32.7 Å². The third-order valence-electron chi connectivity index (χ3n) is 4.58. The zero-order valence-corrected chi connectivity index (χ0v) is 15.4. The third-order valence-corrected chi connectivity index (χ3v) is 4.58. The number of hydrogen-bond donors (Lipinski definition) is 0. The SMILES string of the molecule is CC(C)CC(=O)N1CCN(Cc2cccc3ccccc23)CC1.Cl. The van der Waals surface area contributed by atoms with Crippen LogP contribution in [0.25, 0.3) is 10.8 Å². The average molecular weight is 347 g/mol. The molecule has 1 heterocycles. The lowest BCUT2D eigenvalue weighted by atomic mass is 10.0. The summed E-state index contributed by atoms with van der Waals surface area (Å²) in [4.78, 5) is 16.6. The van der Waals surface area contributed by atoms with Gasteiger partial charge in [-0.25, -0.2) is 0 Å². The molecule has 1 saturated heterocycles. The molecule has 1 amide bonds. The van der Waals surface area contributed by atoms with Gasteiger partial charge in [0.1, 0.15) is 0 Å². The van der Waals surface area contributed by atoms with Crippen molar-refractivity contribution in [1.29, 1.82) is 0 Å². The highest BCUT2D eigenvalue weighted by Crippen LogP contribution is 2.20. The van der Waals surface area contributed by atoms with Crippen molar-refractivity contribution >= 4 is 29.1 Å². The fourth-order valence-corrected chi connectivity index (χ4v) is 3.30. The summed E-state index contributed by atoms with van der Waals surface area (Å²) in [7, 11) is 0. The van der Waals surface area contributed by atoms with Gasteiger partial charge in [-0.1, -0.05) is 56.3 Å². The van der Waals surface area contributed by atoms with E-state index < -0.39 is 0 Å². The second-order valence-electron chi connectivity index (χ2n) is 6.89. The van der Waals surface area contributed by atoms with Crippen LogP contribution in [0, 0.1) is 5.92 Å². The number of fused-ring (bicyclic) bond motifs is 1. The van der Waals surface area contributed by atoms with Crippen molar-refractivity contribution in [2.75, 3.05) is 26.2 Å². The van der Waals surface area contributed by atoms with Crippen LogP contribution >= 0.6 is 12.4 Å². The van der Waals surface area contributed by atoms with Crippen LogP contribution in [0.5, 0.6) is 0 Å². The van der Waals surface area contributed by atoms with Crippen LogP contribution in [-0.4, -0.2) is 41.9 Å². The number of amides is 1. The van der Waals surface area contributed by atoms with Crippen molar-refractivity contribution in [1.82, 2.24) is 9.80 Å². The lowest BCUT2D eigenvalue weighted by molar-refractivity contribution is -0.133. The van der Waals surface area contributed by atoms with Gasteiger partial charge in [0.2, 0.25) is 5.91 Å². The van der Waals surface area contributed by atoms with E-state index >= 15 is 0 Å². The summed E-state index contributed by atoms with van der Waals surface area (Å²) in [6.45, 7) is 8.82. The van der Waals surface area contributed by atoms with Gasteiger partial charge in [-0.2, -0.15) is 0 Å². The lowest BCUT2D eigenvalue weighted by Crippen LogP contribution is -2.48. The summed E-state index contributed by atoms with van der Waals surface area (Å²) in [5, 5.41) is 2.64. The Bertz CT molecular complexity index is 673. The third kappa shape index (κ3) is 4.49. The maximum Gasteiger partial charge on any atom is 0.222 e. The van der Waals surface area contributed by atoms with E-state index in [2.05, 4.69) is 61.2 Å². The highest BCUT2D eigenvalue weighted by atomic mass is 35.5. The maximum atomic E-state index is 12.2. The van der Waals surface area contributed by atoms with Gasteiger partial charge in [-0.15, -0.1) is 12.4 Å². The molecule has 1 aliphatic rings. The molecule has 0 saturated carbocycles. The van der Waals surface area contributed by atoms with Crippen LogP contribution in [0.15, 0.2) is 42.5 Å². The Labute approximate surface area is 151 Å². The molecule has 1 aliphatic heterocycles. The first-order chi connectivity index (χ1) is 11.1. The molecule has 0 radical (unpaired) electrons. The first kappa shape index (κ1) is 18.8. The smallest absolute Gasteiger partial charge is 0.222 e. The van der Waals surface area contributed by atoms with Gasteiger partial charge in [0.05, 0.1) is 0 Å². The second kappa shape index (κ2) is 8.50. The van der Waals surface area contributed by atoms with Crippen molar-refractivity contribution in [3.8, 4) is 0 Å². The van der Waals surface area contributed by atoms with E-state index in [0.29, 0.717) is 18.2 Å². The molecular formula is C20H27ClN2O. The van der Waals surface area contributed by atoms with Gasteiger partial charge < -0.3 is 4.90 Å². The molecule has 0 N–H and O–H groups in total. The van der Waals surface area contributed by atoms with Gasteiger partial charge >= 0.3 is 0 Å². The number of halogens is 1. The zero-order valence-electron chi connectivity index (χ0n) is 14.6. The van der Waals surface area contributed by atoms with Crippen LogP contribution in [0.3, 0.4) is 0 Å². The van der Waals surface area contributed by atoms with Crippen LogP contribution in [0.2, 0.25) is 0 Å². The van der Waals surface area contributed by atoms with Gasteiger partial charge in [0, 0.05) is 39.1 Å². The lowest BCUT2D eigenvalue weighted by Gasteiger charge is -2.35. The number of benzene rings is 2. The normalized spacial score (nSPS) is 15.5. The standard InChI is InChI=1S/C20H26N2O.ClH/c1-16(2)14-20(23)22-12-10-21(11-13-22)15-18-8-5-7-17-6-3-4-9-19(17)18;/h3-9,16H,10-15H2,1-2H3;1H. The quantitative estimate of drug-likeness (QED) is 0.836. The van der Waals surface area contributed by atoms with E-state index in [1.807, 2.05) is 4.90 Å². The van der Waals surface area contributed by atoms with E-state index in [4.69, 9.17) is 0 Å². The van der Waals surface area contributed by atoms with Crippen LogP contribution in [-0.2, 0) is 11.3 Å². The number of carbonyl (C=O) groups is 1. The summed E-state index contributed by atoms with van der Waals surface area (Å²) in [5.41, 5.74) is 1.38. The summed E-state index contributed by atoms with van der Waals surface area (Å²) in [5.74, 6) is 0.751. The minimum Gasteiger partial charge on any atom is -0.340 e. The summed E-state index contributed by atoms with van der Waals surface area (Å²) in [6, 6.07) is 15.1. The first-order valence-electron chi connectivity index (χ1n) is 8.60. The summed E-state index contributed by atoms with van der Waals surface area (Å²) >= 11 is 0. The molecule has 0 aromatic heterocycles. The number of piperazine rings is 1. The molecule has 24 heavy (non-hydrogen) atoms. The van der Waals surface area contributed by atoms with E-state index in [1.54, 1.807) is 0 Å². The Hall–Kier alpha value is -1.58. The molecule has 3 rings (SSSR count). The monoisotopic (exact) mass is 346 g/mol. The minimum atomic E-state index is 0. The molecule has 3 nitrogen and oxygen atoms in total. The van der Waals surface area contributed by atoms with Crippen LogP contribution in [0.4, 0.5) is 0 Å². The van der Waals surface area contributed by atoms with Crippen LogP contribution < -0.4 is 0 Å². The van der Waals surface area contributed by atoms with Gasteiger partial charge in [-0.3, -0.25) is 9.69 Å². The van der Waals surface area contributed by atoms with Crippen LogP contribution in [0.1, 0.15) is 25.8 Å². The maximum absolute atomic E-state index is 12.2. The van der Waals surface area contributed by atoms with E-state index in [9.17, 15) is 4.79 Å². The Morgan fingerprint density at radius 1 is 1.00 bits per heavy atom. The molecule has 2 aromatic carbocycles. The van der Waals surface area contributed by atoms with Crippen molar-refractivity contribution in [3.63, 3.8) is 0 Å². The Morgan fingerprint density at radius 3 is 2.38 bits per heavy atom. The predicted molar refractivity (Wildman–Crippen MR) is 103 cm³/mol. The highest BCUT2D eigenvalue weighted by molar-refractivity contribution is 5.86. The summed E-state index contributed by atoms with van der Waals surface area (Å²) in [6.07, 6.45) is 0.670. The van der Waals surface area contributed by atoms with Gasteiger partial charge in [0.15, 0.2) is 0 Å². The number of rotatable bonds is 4.